The van der Waals surface area contributed by atoms with Crippen molar-refractivity contribution in [2.24, 2.45) is 0 Å². The second-order valence-corrected chi connectivity index (χ2v) is 5.57. The lowest BCUT2D eigenvalue weighted by atomic mass is 9.96. The summed E-state index contributed by atoms with van der Waals surface area (Å²) >= 11 is 0. The summed E-state index contributed by atoms with van der Waals surface area (Å²) in [5.41, 5.74) is 7.59. The standard InChI is InChI=1S/C19H21NO4/c1-2-3-9-14-10-15(20)11-16(17(14)18(21)22)19(23)24-12-13-7-5-4-6-8-13/h4-8,10-11H,2-3,9,12,20H2,1H3,(H,21,22). The number of carbonyl (C=O) groups excluding carboxylic acids is 1. The number of hydrogen-bond acceptors (Lipinski definition) is 4. The van der Waals surface area contributed by atoms with E-state index >= 15 is 0 Å². The maximum atomic E-state index is 12.4. The fourth-order valence-corrected chi connectivity index (χ4v) is 2.51. The Labute approximate surface area is 141 Å². The molecule has 0 aliphatic rings. The number of anilines is 1. The summed E-state index contributed by atoms with van der Waals surface area (Å²) in [4.78, 5) is 24.0. The van der Waals surface area contributed by atoms with Crippen molar-refractivity contribution >= 4 is 17.6 Å². The number of ether oxygens (including phenoxy) is 1. The Kier molecular flexibility index (Phi) is 5.95. The van der Waals surface area contributed by atoms with E-state index in [0.29, 0.717) is 17.7 Å². The molecule has 0 heterocycles. The van der Waals surface area contributed by atoms with Crippen molar-refractivity contribution in [3.05, 3.63) is 64.7 Å². The van der Waals surface area contributed by atoms with Crippen LogP contribution in [0.25, 0.3) is 0 Å². The maximum Gasteiger partial charge on any atom is 0.339 e. The predicted octanol–water partition coefficient (Wildman–Crippen LogP) is 3.67. The molecule has 2 rings (SSSR count). The third-order valence-corrected chi connectivity index (χ3v) is 3.69. The molecular formula is C19H21NO4. The minimum Gasteiger partial charge on any atom is -0.478 e. The van der Waals surface area contributed by atoms with Gasteiger partial charge in [0.1, 0.15) is 6.61 Å². The monoisotopic (exact) mass is 327 g/mol. The number of nitrogens with two attached hydrogens (primary N) is 1. The fraction of sp³-hybridized carbons (Fsp3) is 0.263. The highest BCUT2D eigenvalue weighted by atomic mass is 16.5. The molecule has 2 aromatic rings. The van der Waals surface area contributed by atoms with Crippen LogP contribution in [0.15, 0.2) is 42.5 Å². The van der Waals surface area contributed by atoms with E-state index in [4.69, 9.17) is 10.5 Å². The van der Waals surface area contributed by atoms with Gasteiger partial charge in [-0.1, -0.05) is 43.7 Å². The van der Waals surface area contributed by atoms with Crippen LogP contribution in [-0.4, -0.2) is 17.0 Å². The summed E-state index contributed by atoms with van der Waals surface area (Å²) in [6, 6.07) is 12.2. The third kappa shape index (κ3) is 4.35. The molecule has 0 bridgehead atoms. The van der Waals surface area contributed by atoms with Crippen LogP contribution in [0, 0.1) is 0 Å². The highest BCUT2D eigenvalue weighted by Gasteiger charge is 2.22. The van der Waals surface area contributed by atoms with Crippen molar-refractivity contribution in [2.45, 2.75) is 32.8 Å². The molecule has 0 saturated carbocycles. The highest BCUT2D eigenvalue weighted by Crippen LogP contribution is 2.23. The molecule has 0 radical (unpaired) electrons. The molecule has 0 atom stereocenters. The number of rotatable bonds is 7. The SMILES string of the molecule is CCCCc1cc(N)cc(C(=O)OCc2ccccc2)c1C(=O)O. The Bertz CT molecular complexity index is 726. The summed E-state index contributed by atoms with van der Waals surface area (Å²) in [6.45, 7) is 2.10. The second-order valence-electron chi connectivity index (χ2n) is 5.57. The largest absolute Gasteiger partial charge is 0.478 e. The lowest BCUT2D eigenvalue weighted by Gasteiger charge is -2.13. The molecule has 0 spiro atoms. The molecule has 24 heavy (non-hydrogen) atoms. The topological polar surface area (TPSA) is 89.6 Å². The maximum absolute atomic E-state index is 12.4. The Morgan fingerprint density at radius 3 is 2.50 bits per heavy atom. The molecule has 126 valence electrons. The van der Waals surface area contributed by atoms with Gasteiger partial charge in [0.2, 0.25) is 0 Å². The van der Waals surface area contributed by atoms with E-state index in [2.05, 4.69) is 0 Å². The van der Waals surface area contributed by atoms with Crippen molar-refractivity contribution in [1.29, 1.82) is 0 Å². The van der Waals surface area contributed by atoms with E-state index in [1.807, 2.05) is 37.3 Å². The van der Waals surface area contributed by atoms with Gasteiger partial charge in [0.05, 0.1) is 11.1 Å². The average Bonchev–Trinajstić information content (AvgIpc) is 2.57. The molecule has 0 aromatic heterocycles. The van der Waals surface area contributed by atoms with Gasteiger partial charge in [-0.15, -0.1) is 0 Å². The summed E-state index contributed by atoms with van der Waals surface area (Å²) in [5, 5.41) is 9.52. The van der Waals surface area contributed by atoms with Gasteiger partial charge in [0.15, 0.2) is 0 Å². The van der Waals surface area contributed by atoms with Crippen LogP contribution >= 0.6 is 0 Å². The summed E-state index contributed by atoms with van der Waals surface area (Å²) in [7, 11) is 0. The zero-order chi connectivity index (χ0) is 17.5. The molecule has 0 amide bonds. The number of carboxylic acids is 1. The number of unbranched alkanes of at least 4 members (excludes halogenated alkanes) is 1. The Morgan fingerprint density at radius 1 is 1.17 bits per heavy atom. The minimum atomic E-state index is -1.15. The van der Waals surface area contributed by atoms with Crippen molar-refractivity contribution in [1.82, 2.24) is 0 Å². The lowest BCUT2D eigenvalue weighted by Crippen LogP contribution is -2.15. The van der Waals surface area contributed by atoms with Gasteiger partial charge in [0.25, 0.3) is 0 Å². The van der Waals surface area contributed by atoms with Crippen molar-refractivity contribution in [2.75, 3.05) is 5.73 Å². The third-order valence-electron chi connectivity index (χ3n) is 3.69. The summed E-state index contributed by atoms with van der Waals surface area (Å²) in [6.07, 6.45) is 2.30. The zero-order valence-electron chi connectivity index (χ0n) is 13.6. The number of nitrogen functional groups attached to an aromatic ring is 1. The van der Waals surface area contributed by atoms with Crippen LogP contribution in [-0.2, 0) is 17.8 Å². The molecule has 3 N–H and O–H groups in total. The summed E-state index contributed by atoms with van der Waals surface area (Å²) < 4.78 is 5.26. The first-order valence-electron chi connectivity index (χ1n) is 7.89. The number of benzene rings is 2. The minimum absolute atomic E-state index is 0.00420. The van der Waals surface area contributed by atoms with Gasteiger partial charge < -0.3 is 15.6 Å². The Balaban J connectivity index is 2.28. The zero-order valence-corrected chi connectivity index (χ0v) is 13.6. The number of hydrogen-bond donors (Lipinski definition) is 2. The molecular weight excluding hydrogens is 306 g/mol. The molecule has 0 saturated heterocycles. The van der Waals surface area contributed by atoms with Gasteiger partial charge >= 0.3 is 11.9 Å². The van der Waals surface area contributed by atoms with Crippen molar-refractivity contribution < 1.29 is 19.4 Å². The molecule has 0 aliphatic carbocycles. The average molecular weight is 327 g/mol. The number of aromatic carboxylic acids is 1. The first-order chi connectivity index (χ1) is 11.5. The first kappa shape index (κ1) is 17.5. The van der Waals surface area contributed by atoms with Crippen LogP contribution in [0.2, 0.25) is 0 Å². The van der Waals surface area contributed by atoms with Crippen molar-refractivity contribution in [3.8, 4) is 0 Å². The van der Waals surface area contributed by atoms with E-state index in [1.165, 1.54) is 6.07 Å². The van der Waals surface area contributed by atoms with E-state index in [9.17, 15) is 14.7 Å². The summed E-state index contributed by atoms with van der Waals surface area (Å²) in [5.74, 6) is -1.82. The van der Waals surface area contributed by atoms with Crippen LogP contribution in [0.1, 0.15) is 51.6 Å². The van der Waals surface area contributed by atoms with E-state index in [1.54, 1.807) is 6.07 Å². The number of carboxylic acid groups (broad SMARTS) is 1. The molecule has 5 heteroatoms. The number of aryl methyl sites for hydroxylation is 1. The first-order valence-corrected chi connectivity index (χ1v) is 7.89. The van der Waals surface area contributed by atoms with Gasteiger partial charge in [-0.05, 0) is 36.1 Å². The van der Waals surface area contributed by atoms with Gasteiger partial charge in [-0.2, -0.15) is 0 Å². The number of esters is 1. The predicted molar refractivity (Wildman–Crippen MR) is 92.0 cm³/mol. The van der Waals surface area contributed by atoms with Crippen molar-refractivity contribution in [3.63, 3.8) is 0 Å². The molecule has 0 unspecified atom stereocenters. The molecule has 0 aliphatic heterocycles. The molecule has 2 aromatic carbocycles. The van der Waals surface area contributed by atoms with Crippen LogP contribution < -0.4 is 5.73 Å². The highest BCUT2D eigenvalue weighted by molar-refractivity contribution is 6.04. The molecule has 5 nitrogen and oxygen atoms in total. The number of carbonyl (C=O) groups is 2. The van der Waals surface area contributed by atoms with Crippen LogP contribution in [0.4, 0.5) is 5.69 Å². The van der Waals surface area contributed by atoms with Crippen LogP contribution in [0.5, 0.6) is 0 Å². The van der Waals surface area contributed by atoms with Gasteiger partial charge in [-0.25, -0.2) is 9.59 Å². The van der Waals surface area contributed by atoms with E-state index < -0.39 is 11.9 Å². The van der Waals surface area contributed by atoms with Gasteiger partial charge in [0, 0.05) is 5.69 Å². The fourth-order valence-electron chi connectivity index (χ4n) is 2.51. The Hall–Kier alpha value is -2.82. The lowest BCUT2D eigenvalue weighted by molar-refractivity contribution is 0.0463. The normalized spacial score (nSPS) is 10.4. The van der Waals surface area contributed by atoms with E-state index in [0.717, 1.165) is 18.4 Å². The second kappa shape index (κ2) is 8.15. The smallest absolute Gasteiger partial charge is 0.339 e. The Morgan fingerprint density at radius 2 is 1.88 bits per heavy atom. The molecule has 0 fully saturated rings. The van der Waals surface area contributed by atoms with Gasteiger partial charge in [-0.3, -0.25) is 0 Å². The van der Waals surface area contributed by atoms with E-state index in [-0.39, 0.29) is 17.7 Å². The van der Waals surface area contributed by atoms with Crippen LogP contribution in [0.3, 0.4) is 0 Å². The quantitative estimate of drug-likeness (QED) is 0.598.